The number of halogens is 3. The van der Waals surface area contributed by atoms with E-state index in [0.717, 1.165) is 0 Å². The first-order valence-electron chi connectivity index (χ1n) is 8.98. The smallest absolute Gasteiger partial charge is 0.273 e. The van der Waals surface area contributed by atoms with Crippen molar-refractivity contribution in [3.63, 3.8) is 0 Å². The van der Waals surface area contributed by atoms with Gasteiger partial charge in [0.25, 0.3) is 5.92 Å². The van der Waals surface area contributed by atoms with E-state index in [4.69, 9.17) is 5.73 Å². The minimum Gasteiger partial charge on any atom is -0.369 e. The Balaban J connectivity index is 2.16. The first-order chi connectivity index (χ1) is 13.1. The van der Waals surface area contributed by atoms with E-state index in [-0.39, 0.29) is 29.4 Å². The van der Waals surface area contributed by atoms with Gasteiger partial charge in [-0.3, -0.25) is 9.69 Å². The first-order valence-corrected chi connectivity index (χ1v) is 8.98. The van der Waals surface area contributed by atoms with E-state index in [1.54, 1.807) is 25.1 Å². The van der Waals surface area contributed by atoms with Crippen molar-refractivity contribution >= 4 is 11.9 Å². The third-order valence-electron chi connectivity index (χ3n) is 5.36. The summed E-state index contributed by atoms with van der Waals surface area (Å²) in [6.07, 6.45) is -0.328. The second-order valence-corrected chi connectivity index (χ2v) is 7.11. The summed E-state index contributed by atoms with van der Waals surface area (Å²) in [5.41, 5.74) is 5.14. The molecule has 3 rings (SSSR count). The number of nitrogens with zero attached hydrogens (tertiary/aromatic N) is 2. The Morgan fingerprint density at radius 1 is 1.18 bits per heavy atom. The van der Waals surface area contributed by atoms with Gasteiger partial charge in [0.05, 0.1) is 5.92 Å². The van der Waals surface area contributed by atoms with Gasteiger partial charge in [0.1, 0.15) is 11.4 Å². The van der Waals surface area contributed by atoms with Crippen LogP contribution in [0.1, 0.15) is 42.9 Å². The number of hydrogen-bond acceptors (Lipinski definition) is 3. The number of alkyl halides is 2. The average Bonchev–Trinajstić information content (AvgIpc) is 2.67. The maximum Gasteiger partial charge on any atom is 0.273 e. The number of guanidine groups is 1. The molecule has 1 aliphatic rings. The number of amides is 1. The molecule has 2 aromatic carbocycles. The van der Waals surface area contributed by atoms with Crippen molar-refractivity contribution in [3.8, 4) is 0 Å². The normalized spacial score (nSPS) is 22.9. The molecule has 2 atom stereocenters. The summed E-state index contributed by atoms with van der Waals surface area (Å²) in [5.74, 6) is -4.79. The quantitative estimate of drug-likeness (QED) is 0.855. The molecule has 0 radical (unpaired) electrons. The Morgan fingerprint density at radius 2 is 1.79 bits per heavy atom. The topological polar surface area (TPSA) is 58.7 Å². The van der Waals surface area contributed by atoms with Crippen molar-refractivity contribution in [1.82, 2.24) is 4.90 Å². The second kappa shape index (κ2) is 6.96. The highest BCUT2D eigenvalue weighted by molar-refractivity contribution is 6.02. The molecule has 2 aromatic rings. The van der Waals surface area contributed by atoms with Crippen LogP contribution in [0, 0.1) is 5.82 Å². The maximum atomic E-state index is 14.6. The van der Waals surface area contributed by atoms with E-state index in [9.17, 15) is 18.0 Å². The lowest BCUT2D eigenvalue weighted by atomic mass is 9.74. The highest BCUT2D eigenvalue weighted by Gasteiger charge is 2.48. The van der Waals surface area contributed by atoms with Crippen LogP contribution in [0.4, 0.5) is 13.2 Å². The van der Waals surface area contributed by atoms with Gasteiger partial charge in [-0.05, 0) is 18.6 Å². The lowest BCUT2D eigenvalue weighted by Gasteiger charge is -2.41. The van der Waals surface area contributed by atoms with Crippen molar-refractivity contribution < 1.29 is 18.0 Å². The number of likely N-dealkylation sites (N-methyl/N-ethyl adjacent to an activating group) is 1. The van der Waals surface area contributed by atoms with Gasteiger partial charge in [0.15, 0.2) is 5.96 Å². The van der Waals surface area contributed by atoms with Crippen LogP contribution in [0.25, 0.3) is 0 Å². The zero-order valence-corrected chi connectivity index (χ0v) is 15.9. The van der Waals surface area contributed by atoms with Crippen molar-refractivity contribution in [2.45, 2.75) is 37.6 Å². The molecular formula is C21H22F3N3O. The molecule has 0 aromatic heterocycles. The fourth-order valence-electron chi connectivity index (χ4n) is 3.60. The number of hydrogen-bond donors (Lipinski definition) is 1. The average molecular weight is 389 g/mol. The van der Waals surface area contributed by atoms with Crippen LogP contribution in [-0.4, -0.2) is 23.8 Å². The number of carbonyl (C=O) groups excluding carboxylic acids is 1. The molecule has 1 amide bonds. The van der Waals surface area contributed by atoms with Gasteiger partial charge < -0.3 is 5.73 Å². The third kappa shape index (κ3) is 3.15. The van der Waals surface area contributed by atoms with Crippen LogP contribution in [0.3, 0.4) is 0 Å². The zero-order chi connectivity index (χ0) is 20.7. The molecule has 28 heavy (non-hydrogen) atoms. The molecule has 0 saturated carbocycles. The van der Waals surface area contributed by atoms with E-state index >= 15 is 0 Å². The summed E-state index contributed by atoms with van der Waals surface area (Å²) >= 11 is 0. The molecule has 0 spiro atoms. The van der Waals surface area contributed by atoms with Gasteiger partial charge in [0, 0.05) is 24.6 Å². The summed E-state index contributed by atoms with van der Waals surface area (Å²) in [4.78, 5) is 18.7. The predicted molar refractivity (Wildman–Crippen MR) is 102 cm³/mol. The Labute approximate surface area is 161 Å². The highest BCUT2D eigenvalue weighted by atomic mass is 19.3. The zero-order valence-electron chi connectivity index (χ0n) is 15.9. The van der Waals surface area contributed by atoms with Crippen LogP contribution in [-0.2, 0) is 16.3 Å². The van der Waals surface area contributed by atoms with E-state index in [1.165, 1.54) is 49.2 Å². The molecule has 0 fully saturated rings. The van der Waals surface area contributed by atoms with Gasteiger partial charge in [-0.15, -0.1) is 0 Å². The Hall–Kier alpha value is -2.83. The summed E-state index contributed by atoms with van der Waals surface area (Å²) in [6, 6.07) is 11.6. The van der Waals surface area contributed by atoms with Crippen molar-refractivity contribution in [3.05, 3.63) is 71.0 Å². The van der Waals surface area contributed by atoms with Crippen LogP contribution in [0.5, 0.6) is 0 Å². The summed E-state index contributed by atoms with van der Waals surface area (Å²) in [7, 11) is 1.48. The molecule has 0 saturated heterocycles. The van der Waals surface area contributed by atoms with E-state index < -0.39 is 23.2 Å². The van der Waals surface area contributed by atoms with Crippen molar-refractivity contribution in [2.24, 2.45) is 10.7 Å². The molecule has 2 N–H and O–H groups in total. The van der Waals surface area contributed by atoms with Crippen molar-refractivity contribution in [1.29, 1.82) is 0 Å². The Morgan fingerprint density at radius 3 is 2.36 bits per heavy atom. The fourth-order valence-corrected chi connectivity index (χ4v) is 3.60. The minimum absolute atomic E-state index is 0.0267. The van der Waals surface area contributed by atoms with E-state index in [1.807, 2.05) is 0 Å². The van der Waals surface area contributed by atoms with Crippen LogP contribution < -0.4 is 5.73 Å². The largest absolute Gasteiger partial charge is 0.369 e. The predicted octanol–water partition coefficient (Wildman–Crippen LogP) is 4.11. The standard InChI is InChI=1S/C21H22F3N3O/c1-4-21(23,24)14-11-9-13(10-12-14)17-18(28)27(3)19(25)26-20(17,2)15-7-5-6-8-16(15)22/h5-12,17H,4H2,1-3H3,(H2,25,26)/t17-,20-/m1/s1. The second-order valence-electron chi connectivity index (χ2n) is 7.11. The number of rotatable bonds is 4. The summed E-state index contributed by atoms with van der Waals surface area (Å²) in [6.45, 7) is 3.03. The van der Waals surface area contributed by atoms with Crippen molar-refractivity contribution in [2.75, 3.05) is 7.05 Å². The third-order valence-corrected chi connectivity index (χ3v) is 5.36. The fraction of sp³-hybridized carbons (Fsp3) is 0.333. The number of aliphatic imine (C=N–C) groups is 1. The van der Waals surface area contributed by atoms with Gasteiger partial charge in [-0.2, -0.15) is 0 Å². The minimum atomic E-state index is -2.96. The molecule has 1 aliphatic heterocycles. The SMILES string of the molecule is CCC(F)(F)c1ccc([C@@H]2C(=O)N(C)C(N)=N[C@]2(C)c2ccccc2F)cc1. The first kappa shape index (κ1) is 19.9. The number of benzene rings is 2. The molecule has 0 bridgehead atoms. The van der Waals surface area contributed by atoms with Gasteiger partial charge >= 0.3 is 0 Å². The molecular weight excluding hydrogens is 367 g/mol. The lowest BCUT2D eigenvalue weighted by molar-refractivity contribution is -0.130. The molecule has 0 unspecified atom stereocenters. The van der Waals surface area contributed by atoms with E-state index in [2.05, 4.69) is 4.99 Å². The van der Waals surface area contributed by atoms with Gasteiger partial charge in [-0.1, -0.05) is 49.4 Å². The van der Waals surface area contributed by atoms with Crippen LogP contribution in [0.15, 0.2) is 53.5 Å². The van der Waals surface area contributed by atoms with Crippen LogP contribution in [0.2, 0.25) is 0 Å². The molecule has 4 nitrogen and oxygen atoms in total. The Kier molecular flexibility index (Phi) is 4.95. The maximum absolute atomic E-state index is 14.6. The summed E-state index contributed by atoms with van der Waals surface area (Å²) < 4.78 is 42.5. The number of nitrogens with two attached hydrogens (primary N) is 1. The number of carbonyl (C=O) groups is 1. The molecule has 148 valence electrons. The molecule has 1 heterocycles. The van der Waals surface area contributed by atoms with Crippen LogP contribution >= 0.6 is 0 Å². The van der Waals surface area contributed by atoms with E-state index in [0.29, 0.717) is 5.56 Å². The van der Waals surface area contributed by atoms with Gasteiger partial charge in [0.2, 0.25) is 5.91 Å². The monoisotopic (exact) mass is 389 g/mol. The summed E-state index contributed by atoms with van der Waals surface area (Å²) in [5, 5.41) is 0. The Bertz CT molecular complexity index is 927. The highest BCUT2D eigenvalue weighted by Crippen LogP contribution is 2.45. The van der Waals surface area contributed by atoms with Gasteiger partial charge in [-0.25, -0.2) is 18.2 Å². The molecule has 7 heteroatoms. The lowest BCUT2D eigenvalue weighted by Crippen LogP contribution is -2.52. The molecule has 0 aliphatic carbocycles.